The van der Waals surface area contributed by atoms with E-state index in [9.17, 15) is 4.79 Å². The molecule has 17 heavy (non-hydrogen) atoms. The van der Waals surface area contributed by atoms with E-state index in [-0.39, 0.29) is 0 Å². The average molecular weight is 248 g/mol. The van der Waals surface area contributed by atoms with Crippen molar-refractivity contribution in [2.24, 2.45) is 0 Å². The van der Waals surface area contributed by atoms with Crippen molar-refractivity contribution in [1.82, 2.24) is 0 Å². The lowest BCUT2D eigenvalue weighted by Gasteiger charge is -2.24. The van der Waals surface area contributed by atoms with Gasteiger partial charge in [-0.15, -0.1) is 0 Å². The predicted octanol–water partition coefficient (Wildman–Crippen LogP) is 3.82. The normalized spacial score (nSPS) is 18.8. The van der Waals surface area contributed by atoms with Crippen LogP contribution in [-0.2, 0) is 11.2 Å². The Balaban J connectivity index is 2.01. The van der Waals surface area contributed by atoms with Crippen LogP contribution in [0.2, 0.25) is 0 Å². The van der Waals surface area contributed by atoms with E-state index in [0.29, 0.717) is 17.5 Å². The van der Waals surface area contributed by atoms with Crippen molar-refractivity contribution in [2.45, 2.75) is 38.5 Å². The van der Waals surface area contributed by atoms with Crippen LogP contribution in [0.25, 0.3) is 0 Å². The van der Waals surface area contributed by atoms with Gasteiger partial charge < -0.3 is 0 Å². The fourth-order valence-electron chi connectivity index (χ4n) is 2.62. The van der Waals surface area contributed by atoms with Crippen LogP contribution in [0.3, 0.4) is 0 Å². The number of carbonyl (C=O) groups is 1. The zero-order chi connectivity index (χ0) is 12.1. The summed E-state index contributed by atoms with van der Waals surface area (Å²) in [5, 5.41) is 0. The Morgan fingerprint density at radius 2 is 2.24 bits per heavy atom. The molecule has 0 aromatic heterocycles. The fraction of sp³-hybridized carbons (Fsp3) is 0.533. The second kappa shape index (κ2) is 6.25. The summed E-state index contributed by atoms with van der Waals surface area (Å²) >= 11 is 1.74. The van der Waals surface area contributed by atoms with Gasteiger partial charge in [0.05, 0.1) is 5.75 Å². The summed E-state index contributed by atoms with van der Waals surface area (Å²) in [6.45, 7) is 2.11. The van der Waals surface area contributed by atoms with E-state index in [4.69, 9.17) is 0 Å². The fourth-order valence-corrected chi connectivity index (χ4v) is 3.17. The van der Waals surface area contributed by atoms with Gasteiger partial charge in [-0.1, -0.05) is 31.2 Å². The highest BCUT2D eigenvalue weighted by atomic mass is 32.2. The Bertz CT molecular complexity index is 386. The number of fused-ring (bicyclic) bond motifs is 1. The van der Waals surface area contributed by atoms with Crippen molar-refractivity contribution in [3.63, 3.8) is 0 Å². The monoisotopic (exact) mass is 248 g/mol. The molecular weight excluding hydrogens is 228 g/mol. The SMILES string of the molecule is CCSCC(=O)CC1CCCc2ccccc21. The van der Waals surface area contributed by atoms with E-state index >= 15 is 0 Å². The first-order valence-corrected chi connectivity index (χ1v) is 7.64. The topological polar surface area (TPSA) is 17.1 Å². The maximum absolute atomic E-state index is 11.9. The lowest BCUT2D eigenvalue weighted by Crippen LogP contribution is -2.15. The molecule has 1 aliphatic rings. The molecular formula is C15H20OS. The third-order valence-corrected chi connectivity index (χ3v) is 4.37. The van der Waals surface area contributed by atoms with Crippen molar-refractivity contribution in [3.8, 4) is 0 Å². The first-order valence-electron chi connectivity index (χ1n) is 6.48. The molecule has 2 heteroatoms. The summed E-state index contributed by atoms with van der Waals surface area (Å²) in [5.41, 5.74) is 2.88. The van der Waals surface area contributed by atoms with E-state index in [1.807, 2.05) is 0 Å². The molecule has 1 atom stereocenters. The molecule has 0 radical (unpaired) electrons. The number of thioether (sulfide) groups is 1. The van der Waals surface area contributed by atoms with E-state index in [0.717, 1.165) is 12.2 Å². The molecule has 0 spiro atoms. The van der Waals surface area contributed by atoms with Gasteiger partial charge in [-0.05, 0) is 42.1 Å². The third kappa shape index (κ3) is 3.35. The Labute approximate surface area is 108 Å². The van der Waals surface area contributed by atoms with Gasteiger partial charge in [0.25, 0.3) is 0 Å². The minimum atomic E-state index is 0.415. The highest BCUT2D eigenvalue weighted by Gasteiger charge is 2.21. The average Bonchev–Trinajstić information content (AvgIpc) is 2.37. The summed E-state index contributed by atoms with van der Waals surface area (Å²) in [6, 6.07) is 8.63. The zero-order valence-corrected chi connectivity index (χ0v) is 11.3. The molecule has 0 heterocycles. The number of ketones is 1. The van der Waals surface area contributed by atoms with Crippen LogP contribution < -0.4 is 0 Å². The van der Waals surface area contributed by atoms with Gasteiger partial charge in [0.2, 0.25) is 0 Å². The number of aryl methyl sites for hydroxylation is 1. The summed E-state index contributed by atoms with van der Waals surface area (Å²) in [5.74, 6) is 2.62. The van der Waals surface area contributed by atoms with Crippen molar-refractivity contribution in [1.29, 1.82) is 0 Å². The Morgan fingerprint density at radius 1 is 1.41 bits per heavy atom. The van der Waals surface area contributed by atoms with Crippen LogP contribution in [0.5, 0.6) is 0 Å². The van der Waals surface area contributed by atoms with Crippen LogP contribution in [0.1, 0.15) is 43.2 Å². The first-order chi connectivity index (χ1) is 8.31. The lowest BCUT2D eigenvalue weighted by molar-refractivity contribution is -0.117. The molecule has 0 bridgehead atoms. The Morgan fingerprint density at radius 3 is 3.06 bits per heavy atom. The molecule has 0 saturated carbocycles. The number of hydrogen-bond donors (Lipinski definition) is 0. The largest absolute Gasteiger partial charge is 0.299 e. The molecule has 92 valence electrons. The quantitative estimate of drug-likeness (QED) is 0.788. The van der Waals surface area contributed by atoms with Gasteiger partial charge in [0.15, 0.2) is 0 Å². The van der Waals surface area contributed by atoms with Crippen LogP contribution in [0.15, 0.2) is 24.3 Å². The van der Waals surface area contributed by atoms with Crippen LogP contribution >= 0.6 is 11.8 Å². The lowest BCUT2D eigenvalue weighted by atomic mass is 9.80. The molecule has 0 amide bonds. The second-order valence-corrected chi connectivity index (χ2v) is 5.94. The number of Topliss-reactive ketones (excluding diaryl/α,β-unsaturated/α-hetero) is 1. The van der Waals surface area contributed by atoms with Gasteiger partial charge in [0.1, 0.15) is 5.78 Å². The molecule has 0 aliphatic heterocycles. The standard InChI is InChI=1S/C15H20OS/c1-2-17-11-14(16)10-13-8-5-7-12-6-3-4-9-15(12)13/h3-4,6,9,13H,2,5,7-8,10-11H2,1H3. The maximum Gasteiger partial charge on any atom is 0.143 e. The summed E-state index contributed by atoms with van der Waals surface area (Å²) in [4.78, 5) is 11.9. The van der Waals surface area contributed by atoms with E-state index < -0.39 is 0 Å². The molecule has 1 aromatic carbocycles. The molecule has 0 N–H and O–H groups in total. The van der Waals surface area contributed by atoms with Crippen molar-refractivity contribution < 1.29 is 4.79 Å². The summed E-state index contributed by atoms with van der Waals surface area (Å²) in [6.07, 6.45) is 4.34. The van der Waals surface area contributed by atoms with E-state index in [2.05, 4.69) is 31.2 Å². The predicted molar refractivity (Wildman–Crippen MR) is 74.7 cm³/mol. The Hall–Kier alpha value is -0.760. The van der Waals surface area contributed by atoms with Gasteiger partial charge in [-0.3, -0.25) is 4.79 Å². The molecule has 0 fully saturated rings. The summed E-state index contributed by atoms with van der Waals surface area (Å²) in [7, 11) is 0. The minimum absolute atomic E-state index is 0.415. The molecule has 1 aliphatic carbocycles. The van der Waals surface area contributed by atoms with Gasteiger partial charge >= 0.3 is 0 Å². The number of rotatable bonds is 5. The van der Waals surface area contributed by atoms with Crippen LogP contribution in [0.4, 0.5) is 0 Å². The van der Waals surface area contributed by atoms with Crippen LogP contribution in [0, 0.1) is 0 Å². The van der Waals surface area contributed by atoms with Gasteiger partial charge in [0, 0.05) is 6.42 Å². The second-order valence-electron chi connectivity index (χ2n) is 4.67. The van der Waals surface area contributed by atoms with Crippen LogP contribution in [-0.4, -0.2) is 17.3 Å². The third-order valence-electron chi connectivity index (χ3n) is 3.43. The number of hydrogen-bond acceptors (Lipinski definition) is 2. The molecule has 1 nitrogen and oxygen atoms in total. The Kier molecular flexibility index (Phi) is 4.66. The van der Waals surface area contributed by atoms with E-state index in [1.165, 1.54) is 30.4 Å². The highest BCUT2D eigenvalue weighted by molar-refractivity contribution is 7.99. The maximum atomic E-state index is 11.9. The molecule has 1 aromatic rings. The van der Waals surface area contributed by atoms with E-state index in [1.54, 1.807) is 11.8 Å². The number of carbonyl (C=O) groups excluding carboxylic acids is 1. The summed E-state index contributed by atoms with van der Waals surface area (Å²) < 4.78 is 0. The van der Waals surface area contributed by atoms with Crippen molar-refractivity contribution in [3.05, 3.63) is 35.4 Å². The number of benzene rings is 1. The molecule has 2 rings (SSSR count). The van der Waals surface area contributed by atoms with Crippen molar-refractivity contribution >= 4 is 17.5 Å². The highest BCUT2D eigenvalue weighted by Crippen LogP contribution is 2.34. The first kappa shape index (κ1) is 12.7. The minimum Gasteiger partial charge on any atom is -0.299 e. The zero-order valence-electron chi connectivity index (χ0n) is 10.4. The smallest absolute Gasteiger partial charge is 0.143 e. The van der Waals surface area contributed by atoms with Gasteiger partial charge in [-0.25, -0.2) is 0 Å². The van der Waals surface area contributed by atoms with Crippen molar-refractivity contribution in [2.75, 3.05) is 11.5 Å². The molecule has 1 unspecified atom stereocenters. The van der Waals surface area contributed by atoms with Gasteiger partial charge in [-0.2, -0.15) is 11.8 Å². The molecule has 0 saturated heterocycles.